The fourth-order valence-corrected chi connectivity index (χ4v) is 3.08. The zero-order valence-electron chi connectivity index (χ0n) is 12.1. The van der Waals surface area contributed by atoms with Crippen LogP contribution >= 0.6 is 0 Å². The van der Waals surface area contributed by atoms with Crippen LogP contribution in [0.1, 0.15) is 32.3 Å². The first-order valence-corrected chi connectivity index (χ1v) is 8.66. The molecule has 6 heteroatoms. The second kappa shape index (κ2) is 6.65. The summed E-state index contributed by atoms with van der Waals surface area (Å²) in [5.74, 6) is 1.12. The maximum absolute atomic E-state index is 12.1. The molecule has 0 saturated heterocycles. The van der Waals surface area contributed by atoms with Crippen molar-refractivity contribution in [3.63, 3.8) is 0 Å². The van der Waals surface area contributed by atoms with E-state index in [1.54, 1.807) is 12.3 Å². The minimum atomic E-state index is -3.46. The van der Waals surface area contributed by atoms with Gasteiger partial charge in [-0.1, -0.05) is 19.9 Å². The fraction of sp³-hybridized carbons (Fsp3) is 0.643. The molecule has 2 N–H and O–H groups in total. The first-order valence-electron chi connectivity index (χ1n) is 7.18. The van der Waals surface area contributed by atoms with Crippen molar-refractivity contribution in [2.45, 2.75) is 38.3 Å². The summed E-state index contributed by atoms with van der Waals surface area (Å²) in [4.78, 5) is 4.06. The second-order valence-corrected chi connectivity index (χ2v) is 7.22. The maximum Gasteiger partial charge on any atom is 0.258 e. The summed E-state index contributed by atoms with van der Waals surface area (Å²) < 4.78 is 26.7. The van der Waals surface area contributed by atoms with Gasteiger partial charge in [-0.15, -0.1) is 0 Å². The molecule has 2 atom stereocenters. The Bertz CT molecular complexity index is 528. The Kier molecular flexibility index (Phi) is 5.12. The summed E-state index contributed by atoms with van der Waals surface area (Å²) >= 11 is 0. The van der Waals surface area contributed by atoms with E-state index in [-0.39, 0.29) is 5.03 Å². The molecule has 1 saturated carbocycles. The SMILES string of the molecule is CCCNCc1ccc(S(=O)(=O)NCC2CC2C)nc1. The Morgan fingerprint density at radius 1 is 1.40 bits per heavy atom. The van der Waals surface area contributed by atoms with Gasteiger partial charge in [0.25, 0.3) is 10.0 Å². The average molecular weight is 297 g/mol. The van der Waals surface area contributed by atoms with E-state index in [1.807, 2.05) is 6.07 Å². The number of aromatic nitrogens is 1. The Hall–Kier alpha value is -0.980. The highest BCUT2D eigenvalue weighted by molar-refractivity contribution is 7.89. The van der Waals surface area contributed by atoms with Gasteiger partial charge in [0.15, 0.2) is 5.03 Å². The number of hydrogen-bond donors (Lipinski definition) is 2. The van der Waals surface area contributed by atoms with Crippen molar-refractivity contribution >= 4 is 10.0 Å². The smallest absolute Gasteiger partial charge is 0.258 e. The van der Waals surface area contributed by atoms with Gasteiger partial charge < -0.3 is 5.32 Å². The largest absolute Gasteiger partial charge is 0.313 e. The number of pyridine rings is 1. The quantitative estimate of drug-likeness (QED) is 0.714. The van der Waals surface area contributed by atoms with Crippen molar-refractivity contribution < 1.29 is 8.42 Å². The third kappa shape index (κ3) is 4.26. The van der Waals surface area contributed by atoms with Gasteiger partial charge in [0.1, 0.15) is 0 Å². The molecule has 0 spiro atoms. The Morgan fingerprint density at radius 2 is 2.15 bits per heavy atom. The molecule has 1 fully saturated rings. The first kappa shape index (κ1) is 15.4. The number of rotatable bonds is 8. The Balaban J connectivity index is 1.90. The van der Waals surface area contributed by atoms with Crippen LogP contribution in [0.15, 0.2) is 23.4 Å². The minimum absolute atomic E-state index is 0.102. The molecule has 2 rings (SSSR count). The number of sulfonamides is 1. The van der Waals surface area contributed by atoms with E-state index in [1.165, 1.54) is 0 Å². The monoisotopic (exact) mass is 297 g/mol. The van der Waals surface area contributed by atoms with E-state index in [2.05, 4.69) is 28.9 Å². The van der Waals surface area contributed by atoms with Gasteiger partial charge in [-0.2, -0.15) is 0 Å². The summed E-state index contributed by atoms with van der Waals surface area (Å²) in [7, 11) is -3.46. The van der Waals surface area contributed by atoms with Crippen LogP contribution in [0.25, 0.3) is 0 Å². The zero-order chi connectivity index (χ0) is 14.6. The molecule has 0 radical (unpaired) electrons. The van der Waals surface area contributed by atoms with Crippen LogP contribution in [-0.2, 0) is 16.6 Å². The molecule has 1 aromatic heterocycles. The number of nitrogens with zero attached hydrogens (tertiary/aromatic N) is 1. The lowest BCUT2D eigenvalue weighted by molar-refractivity contribution is 0.570. The van der Waals surface area contributed by atoms with Crippen LogP contribution in [0.5, 0.6) is 0 Å². The Morgan fingerprint density at radius 3 is 2.70 bits per heavy atom. The van der Waals surface area contributed by atoms with Crippen molar-refractivity contribution in [2.24, 2.45) is 11.8 Å². The Labute approximate surface area is 121 Å². The molecule has 0 bridgehead atoms. The summed E-state index contributed by atoms with van der Waals surface area (Å²) in [6.07, 6.45) is 3.80. The van der Waals surface area contributed by atoms with E-state index in [0.717, 1.165) is 24.9 Å². The van der Waals surface area contributed by atoms with Gasteiger partial charge in [0, 0.05) is 19.3 Å². The predicted octanol–water partition coefficient (Wildman–Crippen LogP) is 1.52. The van der Waals surface area contributed by atoms with Gasteiger partial charge >= 0.3 is 0 Å². The van der Waals surface area contributed by atoms with E-state index in [9.17, 15) is 8.42 Å². The average Bonchev–Trinajstić information content (AvgIpc) is 3.14. The van der Waals surface area contributed by atoms with Crippen molar-refractivity contribution in [1.82, 2.24) is 15.0 Å². The summed E-state index contributed by atoms with van der Waals surface area (Å²) in [5.41, 5.74) is 0.994. The molecule has 20 heavy (non-hydrogen) atoms. The summed E-state index contributed by atoms with van der Waals surface area (Å²) in [6.45, 7) is 6.42. The van der Waals surface area contributed by atoms with Gasteiger partial charge in [0.05, 0.1) is 0 Å². The third-order valence-electron chi connectivity index (χ3n) is 3.64. The minimum Gasteiger partial charge on any atom is -0.313 e. The highest BCUT2D eigenvalue weighted by Crippen LogP contribution is 2.36. The molecule has 1 heterocycles. The van der Waals surface area contributed by atoms with E-state index in [0.29, 0.717) is 24.9 Å². The molecular formula is C14H23N3O2S. The second-order valence-electron chi connectivity index (χ2n) is 5.51. The normalized spacial score (nSPS) is 21.9. The molecule has 0 aromatic carbocycles. The first-order chi connectivity index (χ1) is 9.53. The highest BCUT2D eigenvalue weighted by Gasteiger charge is 2.33. The topological polar surface area (TPSA) is 71.1 Å². The molecule has 1 aromatic rings. The van der Waals surface area contributed by atoms with Crippen molar-refractivity contribution in [3.05, 3.63) is 23.9 Å². The van der Waals surface area contributed by atoms with Gasteiger partial charge in [0.2, 0.25) is 0 Å². The highest BCUT2D eigenvalue weighted by atomic mass is 32.2. The molecule has 0 amide bonds. The van der Waals surface area contributed by atoms with Crippen LogP contribution < -0.4 is 10.0 Å². The lowest BCUT2D eigenvalue weighted by atomic mass is 10.3. The van der Waals surface area contributed by atoms with E-state index >= 15 is 0 Å². The predicted molar refractivity (Wildman–Crippen MR) is 78.7 cm³/mol. The number of nitrogens with one attached hydrogen (secondary N) is 2. The fourth-order valence-electron chi connectivity index (χ4n) is 2.06. The van der Waals surface area contributed by atoms with Crippen LogP contribution in [0.4, 0.5) is 0 Å². The molecular weight excluding hydrogens is 274 g/mol. The summed E-state index contributed by atoms with van der Waals surface area (Å²) in [6, 6.07) is 3.38. The van der Waals surface area contributed by atoms with Crippen molar-refractivity contribution in [1.29, 1.82) is 0 Å². The zero-order valence-corrected chi connectivity index (χ0v) is 12.9. The lowest BCUT2D eigenvalue weighted by Crippen LogP contribution is -2.27. The van der Waals surface area contributed by atoms with E-state index in [4.69, 9.17) is 0 Å². The van der Waals surface area contributed by atoms with Crippen molar-refractivity contribution in [3.8, 4) is 0 Å². The molecule has 5 nitrogen and oxygen atoms in total. The molecule has 1 aliphatic rings. The summed E-state index contributed by atoms with van der Waals surface area (Å²) in [5, 5.41) is 3.36. The van der Waals surface area contributed by atoms with Gasteiger partial charge in [-0.05, 0) is 42.9 Å². The molecule has 1 aliphatic carbocycles. The molecule has 0 aliphatic heterocycles. The van der Waals surface area contributed by atoms with E-state index < -0.39 is 10.0 Å². The van der Waals surface area contributed by atoms with Crippen molar-refractivity contribution in [2.75, 3.05) is 13.1 Å². The van der Waals surface area contributed by atoms with Gasteiger partial charge in [-0.3, -0.25) is 0 Å². The van der Waals surface area contributed by atoms with Crippen LogP contribution in [0.3, 0.4) is 0 Å². The maximum atomic E-state index is 12.1. The van der Waals surface area contributed by atoms with Crippen LogP contribution in [0.2, 0.25) is 0 Å². The lowest BCUT2D eigenvalue weighted by Gasteiger charge is -2.07. The molecule has 112 valence electrons. The standard InChI is InChI=1S/C14H23N3O2S/c1-3-6-15-8-12-4-5-14(16-9-12)20(18,19)17-10-13-7-11(13)2/h4-5,9,11,13,15,17H,3,6-8,10H2,1-2H3. The van der Waals surface area contributed by atoms with Gasteiger partial charge in [-0.25, -0.2) is 18.1 Å². The van der Waals surface area contributed by atoms with Crippen LogP contribution in [0, 0.1) is 11.8 Å². The third-order valence-corrected chi connectivity index (χ3v) is 4.98. The number of hydrogen-bond acceptors (Lipinski definition) is 4. The van der Waals surface area contributed by atoms with Crippen LogP contribution in [-0.4, -0.2) is 26.5 Å². The molecule has 2 unspecified atom stereocenters.